The zero-order chi connectivity index (χ0) is 16.0. The number of nitrogens with zero attached hydrogens (tertiary/aromatic N) is 2. The number of ether oxygens (including phenoxy) is 1. The number of esters is 1. The van der Waals surface area contributed by atoms with Crippen LogP contribution in [0, 0.1) is 0 Å². The van der Waals surface area contributed by atoms with Crippen molar-refractivity contribution in [3.63, 3.8) is 0 Å². The van der Waals surface area contributed by atoms with Gasteiger partial charge in [-0.2, -0.15) is 4.98 Å². The molecule has 1 heterocycles. The van der Waals surface area contributed by atoms with Gasteiger partial charge in [-0.25, -0.2) is 0 Å². The van der Waals surface area contributed by atoms with Crippen LogP contribution >= 0.6 is 11.8 Å². The van der Waals surface area contributed by atoms with Gasteiger partial charge in [-0.15, -0.1) is 0 Å². The molecule has 0 saturated carbocycles. The molecular weight excluding hydrogens is 290 g/mol. The van der Waals surface area contributed by atoms with Crippen molar-refractivity contribution >= 4 is 28.7 Å². The van der Waals surface area contributed by atoms with Crippen molar-refractivity contribution in [2.24, 2.45) is 0 Å². The first kappa shape index (κ1) is 17.3. The van der Waals surface area contributed by atoms with Crippen molar-refractivity contribution in [2.75, 3.05) is 19.5 Å². The lowest BCUT2D eigenvalue weighted by molar-refractivity contribution is -0.139. The van der Waals surface area contributed by atoms with Crippen molar-refractivity contribution < 1.29 is 9.53 Å². The second kappa shape index (κ2) is 7.87. The van der Waals surface area contributed by atoms with Gasteiger partial charge in [0, 0.05) is 18.8 Å². The molecule has 1 aromatic rings. The minimum atomic E-state index is -0.388. The van der Waals surface area contributed by atoms with Gasteiger partial charge in [0.1, 0.15) is 5.25 Å². The van der Waals surface area contributed by atoms with E-state index in [-0.39, 0.29) is 16.8 Å². The molecule has 6 nitrogen and oxygen atoms in total. The Labute approximate surface area is 128 Å². The van der Waals surface area contributed by atoms with Crippen LogP contribution in [-0.4, -0.2) is 34.9 Å². The van der Waals surface area contributed by atoms with Crippen LogP contribution in [0.2, 0.25) is 0 Å². The van der Waals surface area contributed by atoms with Crippen LogP contribution in [0.4, 0.5) is 5.95 Å². The van der Waals surface area contributed by atoms with Crippen molar-refractivity contribution in [3.05, 3.63) is 28.7 Å². The Morgan fingerprint density at radius 1 is 1.62 bits per heavy atom. The summed E-state index contributed by atoms with van der Waals surface area (Å²) in [7, 11) is 3.04. The number of aryl methyl sites for hydroxylation is 1. The standard InChI is InChI=1S/C14H21N3O3S/c1-6-7-11-8-12(18)16-14(15-4)17(11)10(3)21-9(2)13(19)20-5/h8-9H,3,6-7H2,1-2,4-5H3,(H,15,16,18). The Bertz CT molecular complexity index is 583. The van der Waals surface area contributed by atoms with Crippen LogP contribution in [0.1, 0.15) is 26.0 Å². The fourth-order valence-electron chi connectivity index (χ4n) is 1.89. The maximum absolute atomic E-state index is 11.6. The van der Waals surface area contributed by atoms with Gasteiger partial charge in [0.05, 0.1) is 12.1 Å². The van der Waals surface area contributed by atoms with Gasteiger partial charge in [0.25, 0.3) is 5.56 Å². The molecule has 0 aliphatic rings. The molecule has 116 valence electrons. The topological polar surface area (TPSA) is 73.2 Å². The Hall–Kier alpha value is -1.76. The average molecular weight is 311 g/mol. The SMILES string of the molecule is C=C(SC(C)C(=O)OC)n1c(CCC)cc(=O)nc1NC. The zero-order valence-electron chi connectivity index (χ0n) is 12.8. The van der Waals surface area contributed by atoms with Crippen LogP contribution in [0.15, 0.2) is 17.4 Å². The second-order valence-corrected chi connectivity index (χ2v) is 5.84. The zero-order valence-corrected chi connectivity index (χ0v) is 13.6. The van der Waals surface area contributed by atoms with Crippen LogP contribution in [-0.2, 0) is 16.0 Å². The average Bonchev–Trinajstić information content (AvgIpc) is 2.45. The van der Waals surface area contributed by atoms with Crippen LogP contribution in [0.3, 0.4) is 0 Å². The van der Waals surface area contributed by atoms with Gasteiger partial charge in [-0.3, -0.25) is 14.2 Å². The Kier molecular flexibility index (Phi) is 6.48. The minimum absolute atomic E-state index is 0.294. The van der Waals surface area contributed by atoms with Gasteiger partial charge in [0.2, 0.25) is 5.95 Å². The Morgan fingerprint density at radius 2 is 2.29 bits per heavy atom. The molecule has 0 amide bonds. The molecule has 1 atom stereocenters. The quantitative estimate of drug-likeness (QED) is 0.776. The molecule has 1 unspecified atom stereocenters. The monoisotopic (exact) mass is 311 g/mol. The van der Waals surface area contributed by atoms with E-state index in [0.717, 1.165) is 18.5 Å². The first-order chi connectivity index (χ1) is 9.94. The highest BCUT2D eigenvalue weighted by molar-refractivity contribution is 8.09. The summed E-state index contributed by atoms with van der Waals surface area (Å²) in [5.41, 5.74) is 0.522. The summed E-state index contributed by atoms with van der Waals surface area (Å²) < 4.78 is 6.48. The van der Waals surface area contributed by atoms with Crippen molar-refractivity contribution in [1.29, 1.82) is 0 Å². The predicted octanol–water partition coefficient (Wildman–Crippen LogP) is 1.96. The number of hydrogen-bond donors (Lipinski definition) is 1. The lowest BCUT2D eigenvalue weighted by Gasteiger charge is -2.20. The van der Waals surface area contributed by atoms with E-state index >= 15 is 0 Å². The fourth-order valence-corrected chi connectivity index (χ4v) is 2.80. The highest BCUT2D eigenvalue weighted by Crippen LogP contribution is 2.28. The van der Waals surface area contributed by atoms with E-state index in [0.29, 0.717) is 11.0 Å². The third-order valence-electron chi connectivity index (χ3n) is 2.83. The van der Waals surface area contributed by atoms with Gasteiger partial charge in [-0.1, -0.05) is 31.7 Å². The van der Waals surface area contributed by atoms with Crippen molar-refractivity contribution in [1.82, 2.24) is 9.55 Å². The Balaban J connectivity index is 3.17. The number of methoxy groups -OCH3 is 1. The van der Waals surface area contributed by atoms with Gasteiger partial charge >= 0.3 is 5.97 Å². The molecule has 21 heavy (non-hydrogen) atoms. The molecule has 0 radical (unpaired) electrons. The van der Waals surface area contributed by atoms with Crippen LogP contribution in [0.25, 0.3) is 5.03 Å². The molecule has 1 aromatic heterocycles. The maximum Gasteiger partial charge on any atom is 0.318 e. The summed E-state index contributed by atoms with van der Waals surface area (Å²) in [6.45, 7) is 7.77. The van der Waals surface area contributed by atoms with Crippen LogP contribution in [0.5, 0.6) is 0 Å². The van der Waals surface area contributed by atoms with Crippen molar-refractivity contribution in [3.8, 4) is 0 Å². The summed E-state index contributed by atoms with van der Waals surface area (Å²) in [4.78, 5) is 27.1. The minimum Gasteiger partial charge on any atom is -0.468 e. The molecule has 0 aliphatic heterocycles. The summed E-state index contributed by atoms with van der Waals surface area (Å²) >= 11 is 1.27. The predicted molar refractivity (Wildman–Crippen MR) is 86.4 cm³/mol. The number of carbonyl (C=O) groups is 1. The molecule has 1 N–H and O–H groups in total. The number of nitrogens with one attached hydrogen (secondary N) is 1. The summed E-state index contributed by atoms with van der Waals surface area (Å²) in [6, 6.07) is 1.50. The first-order valence-electron chi connectivity index (χ1n) is 6.69. The van der Waals surface area contributed by atoms with E-state index in [1.165, 1.54) is 24.9 Å². The van der Waals surface area contributed by atoms with E-state index in [9.17, 15) is 9.59 Å². The third-order valence-corrected chi connectivity index (χ3v) is 3.83. The molecule has 0 aliphatic carbocycles. The molecule has 7 heteroatoms. The molecule has 0 spiro atoms. The molecule has 1 rings (SSSR count). The van der Waals surface area contributed by atoms with E-state index in [4.69, 9.17) is 4.74 Å². The van der Waals surface area contributed by atoms with Crippen molar-refractivity contribution in [2.45, 2.75) is 31.9 Å². The number of rotatable bonds is 7. The van der Waals surface area contributed by atoms with E-state index < -0.39 is 0 Å². The number of aromatic nitrogens is 2. The molecule has 0 bridgehead atoms. The van der Waals surface area contributed by atoms with E-state index in [1.54, 1.807) is 18.5 Å². The van der Waals surface area contributed by atoms with Gasteiger partial charge in [0.15, 0.2) is 0 Å². The maximum atomic E-state index is 11.6. The fraction of sp³-hybridized carbons (Fsp3) is 0.500. The Morgan fingerprint density at radius 3 is 2.81 bits per heavy atom. The highest BCUT2D eigenvalue weighted by Gasteiger charge is 2.19. The smallest absolute Gasteiger partial charge is 0.318 e. The molecule has 0 fully saturated rings. The summed E-state index contributed by atoms with van der Waals surface area (Å²) in [6.07, 6.45) is 1.61. The molecule has 0 aromatic carbocycles. The largest absolute Gasteiger partial charge is 0.468 e. The number of anilines is 1. The number of hydrogen-bond acceptors (Lipinski definition) is 6. The van der Waals surface area contributed by atoms with E-state index in [2.05, 4.69) is 16.9 Å². The molecular formula is C14H21N3O3S. The third kappa shape index (κ3) is 4.35. The second-order valence-electron chi connectivity index (χ2n) is 4.42. The summed E-state index contributed by atoms with van der Waals surface area (Å²) in [5, 5.41) is 3.12. The lowest BCUT2D eigenvalue weighted by Crippen LogP contribution is -2.21. The first-order valence-corrected chi connectivity index (χ1v) is 7.57. The highest BCUT2D eigenvalue weighted by atomic mass is 32.2. The number of thioether (sulfide) groups is 1. The van der Waals surface area contributed by atoms with E-state index in [1.807, 2.05) is 6.92 Å². The molecule has 0 saturated heterocycles. The van der Waals surface area contributed by atoms with Gasteiger partial charge in [-0.05, 0) is 13.3 Å². The normalized spacial score (nSPS) is 11.8. The van der Waals surface area contributed by atoms with Crippen LogP contribution < -0.4 is 10.9 Å². The number of carbonyl (C=O) groups excluding carboxylic acids is 1. The van der Waals surface area contributed by atoms with Gasteiger partial charge < -0.3 is 10.1 Å². The lowest BCUT2D eigenvalue weighted by atomic mass is 10.2. The summed E-state index contributed by atoms with van der Waals surface area (Å²) in [5.74, 6) is 0.0960.